The number of aromatic nitrogens is 1. The highest BCUT2D eigenvalue weighted by Gasteiger charge is 2.14. The fourth-order valence-corrected chi connectivity index (χ4v) is 1.98. The quantitative estimate of drug-likeness (QED) is 0.517. The number of hydrogen-bond acceptors (Lipinski definition) is 4. The van der Waals surface area contributed by atoms with Crippen LogP contribution < -0.4 is 0 Å². The molecule has 0 radical (unpaired) electrons. The minimum absolute atomic E-state index is 0.150. The first-order valence-electron chi connectivity index (χ1n) is 3.67. The number of benzene rings is 1. The standard InChI is InChI=1S/C8H6N2O2S/c1-5-2-6-8(13-4-9-6)7(3-5)10(11)12/h2-4H,1H3. The maximum absolute atomic E-state index is 10.6. The summed E-state index contributed by atoms with van der Waals surface area (Å²) in [6.45, 7) is 1.83. The van der Waals surface area contributed by atoms with Crippen LogP contribution in [0.3, 0.4) is 0 Å². The Kier molecular flexibility index (Phi) is 1.73. The molecule has 66 valence electrons. The van der Waals surface area contributed by atoms with Gasteiger partial charge in [0, 0.05) is 6.07 Å². The Morgan fingerprint density at radius 2 is 2.31 bits per heavy atom. The monoisotopic (exact) mass is 194 g/mol. The molecule has 0 saturated carbocycles. The van der Waals surface area contributed by atoms with E-state index in [0.29, 0.717) is 10.2 Å². The molecule has 0 aliphatic heterocycles. The first-order valence-corrected chi connectivity index (χ1v) is 4.54. The van der Waals surface area contributed by atoms with Gasteiger partial charge in [-0.05, 0) is 18.6 Å². The van der Waals surface area contributed by atoms with E-state index in [4.69, 9.17) is 0 Å². The maximum atomic E-state index is 10.6. The predicted octanol–water partition coefficient (Wildman–Crippen LogP) is 2.51. The summed E-state index contributed by atoms with van der Waals surface area (Å²) in [5.41, 5.74) is 3.34. The molecule has 0 aliphatic rings. The number of non-ortho nitro benzene ring substituents is 1. The van der Waals surface area contributed by atoms with Crippen molar-refractivity contribution in [2.45, 2.75) is 6.92 Å². The van der Waals surface area contributed by atoms with Gasteiger partial charge < -0.3 is 0 Å². The summed E-state index contributed by atoms with van der Waals surface area (Å²) in [7, 11) is 0. The predicted molar refractivity (Wildman–Crippen MR) is 51.0 cm³/mol. The van der Waals surface area contributed by atoms with Gasteiger partial charge in [0.05, 0.1) is 16.0 Å². The van der Waals surface area contributed by atoms with Crippen LogP contribution in [0, 0.1) is 17.0 Å². The summed E-state index contributed by atoms with van der Waals surface area (Å²) >= 11 is 1.30. The van der Waals surface area contributed by atoms with E-state index in [1.165, 1.54) is 11.3 Å². The van der Waals surface area contributed by atoms with E-state index in [-0.39, 0.29) is 10.6 Å². The Hall–Kier alpha value is -1.49. The van der Waals surface area contributed by atoms with Gasteiger partial charge >= 0.3 is 0 Å². The smallest absolute Gasteiger partial charge is 0.258 e. The highest BCUT2D eigenvalue weighted by molar-refractivity contribution is 7.17. The molecule has 0 atom stereocenters. The fraction of sp³-hybridized carbons (Fsp3) is 0.125. The Morgan fingerprint density at radius 1 is 1.54 bits per heavy atom. The molecular formula is C8H6N2O2S. The summed E-state index contributed by atoms with van der Waals surface area (Å²) in [6.07, 6.45) is 0. The minimum atomic E-state index is -0.368. The second-order valence-corrected chi connectivity index (χ2v) is 3.60. The van der Waals surface area contributed by atoms with Crippen molar-refractivity contribution in [2.75, 3.05) is 0 Å². The van der Waals surface area contributed by atoms with E-state index in [0.717, 1.165) is 5.56 Å². The third kappa shape index (κ3) is 1.27. The van der Waals surface area contributed by atoms with Crippen molar-refractivity contribution in [3.8, 4) is 0 Å². The van der Waals surface area contributed by atoms with Crippen molar-refractivity contribution < 1.29 is 4.92 Å². The largest absolute Gasteiger partial charge is 0.289 e. The van der Waals surface area contributed by atoms with E-state index in [9.17, 15) is 10.1 Å². The third-order valence-electron chi connectivity index (χ3n) is 1.75. The molecule has 1 aromatic heterocycles. The average Bonchev–Trinajstić information content (AvgIpc) is 2.49. The van der Waals surface area contributed by atoms with Crippen LogP contribution in [0.5, 0.6) is 0 Å². The fourth-order valence-electron chi connectivity index (χ4n) is 1.22. The van der Waals surface area contributed by atoms with Crippen LogP contribution in [-0.4, -0.2) is 9.91 Å². The van der Waals surface area contributed by atoms with Gasteiger partial charge in [-0.1, -0.05) is 0 Å². The molecule has 4 nitrogen and oxygen atoms in total. The second-order valence-electron chi connectivity index (χ2n) is 2.74. The van der Waals surface area contributed by atoms with E-state index in [1.807, 2.05) is 13.0 Å². The highest BCUT2D eigenvalue weighted by Crippen LogP contribution is 2.29. The zero-order valence-corrected chi connectivity index (χ0v) is 7.67. The van der Waals surface area contributed by atoms with E-state index >= 15 is 0 Å². The average molecular weight is 194 g/mol. The number of nitrogens with zero attached hydrogens (tertiary/aromatic N) is 2. The zero-order valence-electron chi connectivity index (χ0n) is 6.85. The first kappa shape index (κ1) is 8.12. The molecule has 5 heteroatoms. The molecule has 1 aromatic carbocycles. The van der Waals surface area contributed by atoms with Crippen molar-refractivity contribution in [3.05, 3.63) is 33.3 Å². The summed E-state index contributed by atoms with van der Waals surface area (Å²) in [6, 6.07) is 3.42. The van der Waals surface area contributed by atoms with Crippen molar-refractivity contribution in [1.29, 1.82) is 0 Å². The van der Waals surface area contributed by atoms with Gasteiger partial charge in [-0.25, -0.2) is 4.98 Å². The number of rotatable bonds is 1. The molecule has 0 saturated heterocycles. The van der Waals surface area contributed by atoms with Crippen LogP contribution in [0.15, 0.2) is 17.6 Å². The molecule has 13 heavy (non-hydrogen) atoms. The van der Waals surface area contributed by atoms with Crippen LogP contribution in [-0.2, 0) is 0 Å². The van der Waals surface area contributed by atoms with Crippen LogP contribution in [0.25, 0.3) is 10.2 Å². The van der Waals surface area contributed by atoms with E-state index in [1.54, 1.807) is 11.6 Å². The third-order valence-corrected chi connectivity index (χ3v) is 2.62. The number of thiazole rings is 1. The Labute approximate surface area is 78.0 Å². The summed E-state index contributed by atoms with van der Waals surface area (Å²) < 4.78 is 0.649. The molecular weight excluding hydrogens is 188 g/mol. The molecule has 0 spiro atoms. The van der Waals surface area contributed by atoms with Gasteiger partial charge in [0.1, 0.15) is 4.70 Å². The van der Waals surface area contributed by atoms with Gasteiger partial charge in [0.15, 0.2) is 0 Å². The second kappa shape index (κ2) is 2.77. The van der Waals surface area contributed by atoms with Gasteiger partial charge in [0.2, 0.25) is 0 Å². The molecule has 0 amide bonds. The molecule has 0 N–H and O–H groups in total. The lowest BCUT2D eigenvalue weighted by molar-refractivity contribution is -0.382. The van der Waals surface area contributed by atoms with Crippen molar-refractivity contribution in [3.63, 3.8) is 0 Å². The maximum Gasteiger partial charge on any atom is 0.289 e. The SMILES string of the molecule is Cc1cc([N+](=O)[O-])c2scnc2c1. The van der Waals surface area contributed by atoms with E-state index < -0.39 is 0 Å². The van der Waals surface area contributed by atoms with Crippen LogP contribution >= 0.6 is 11.3 Å². The van der Waals surface area contributed by atoms with Crippen molar-refractivity contribution >= 4 is 27.2 Å². The molecule has 2 aromatic rings. The zero-order chi connectivity index (χ0) is 9.42. The first-order chi connectivity index (χ1) is 6.18. The number of aryl methyl sites for hydroxylation is 1. The van der Waals surface area contributed by atoms with Crippen LogP contribution in [0.4, 0.5) is 5.69 Å². The van der Waals surface area contributed by atoms with Crippen molar-refractivity contribution in [1.82, 2.24) is 4.98 Å². The van der Waals surface area contributed by atoms with E-state index in [2.05, 4.69) is 4.98 Å². The minimum Gasteiger partial charge on any atom is -0.258 e. The van der Waals surface area contributed by atoms with Gasteiger partial charge in [-0.2, -0.15) is 0 Å². The number of nitro groups is 1. The van der Waals surface area contributed by atoms with Crippen LogP contribution in [0.2, 0.25) is 0 Å². The van der Waals surface area contributed by atoms with Gasteiger partial charge in [-0.15, -0.1) is 11.3 Å². The van der Waals surface area contributed by atoms with Gasteiger partial charge in [-0.3, -0.25) is 10.1 Å². The summed E-state index contributed by atoms with van der Waals surface area (Å²) in [5, 5.41) is 10.6. The topological polar surface area (TPSA) is 56.0 Å². The number of fused-ring (bicyclic) bond motifs is 1. The number of nitro benzene ring substituents is 1. The summed E-state index contributed by atoms with van der Waals surface area (Å²) in [5.74, 6) is 0. The molecule has 2 rings (SSSR count). The Morgan fingerprint density at radius 3 is 3.00 bits per heavy atom. The van der Waals surface area contributed by atoms with Gasteiger partial charge in [0.25, 0.3) is 5.69 Å². The molecule has 0 aliphatic carbocycles. The molecule has 0 bridgehead atoms. The summed E-state index contributed by atoms with van der Waals surface area (Å²) in [4.78, 5) is 14.3. The highest BCUT2D eigenvalue weighted by atomic mass is 32.1. The molecule has 0 fully saturated rings. The lowest BCUT2D eigenvalue weighted by atomic mass is 10.2. The molecule has 0 unspecified atom stereocenters. The van der Waals surface area contributed by atoms with Crippen LogP contribution in [0.1, 0.15) is 5.56 Å². The normalized spacial score (nSPS) is 10.5. The lowest BCUT2D eigenvalue weighted by Crippen LogP contribution is -1.88. The Bertz CT molecular complexity index is 478. The lowest BCUT2D eigenvalue weighted by Gasteiger charge is -1.94. The Balaban J connectivity index is 2.84. The van der Waals surface area contributed by atoms with Crippen molar-refractivity contribution in [2.24, 2.45) is 0 Å². The molecule has 1 heterocycles. The number of hydrogen-bond donors (Lipinski definition) is 0.